The van der Waals surface area contributed by atoms with Gasteiger partial charge in [0.15, 0.2) is 0 Å². The molecule has 0 spiro atoms. The molecule has 0 bridgehead atoms. The third-order valence-electron chi connectivity index (χ3n) is 5.82. The minimum absolute atomic E-state index is 0.0258. The zero-order valence-corrected chi connectivity index (χ0v) is 18.9. The number of ketones is 1. The van der Waals surface area contributed by atoms with Crippen molar-refractivity contribution in [1.82, 2.24) is 4.90 Å². The van der Waals surface area contributed by atoms with Crippen molar-refractivity contribution in [2.24, 2.45) is 5.92 Å². The maximum Gasteiger partial charge on any atom is 0.338 e. The van der Waals surface area contributed by atoms with Crippen LogP contribution in [0.25, 0.3) is 6.08 Å². The highest BCUT2D eigenvalue weighted by Crippen LogP contribution is 2.32. The van der Waals surface area contributed by atoms with Gasteiger partial charge in [0.05, 0.1) is 18.6 Å². The Morgan fingerprint density at radius 2 is 1.78 bits per heavy atom. The summed E-state index contributed by atoms with van der Waals surface area (Å²) < 4.78 is 4.82. The van der Waals surface area contributed by atoms with E-state index in [-0.39, 0.29) is 30.4 Å². The number of carbonyl (C=O) groups excluding carboxylic acids is 3. The molecule has 1 unspecified atom stereocenters. The smallest absolute Gasteiger partial charge is 0.338 e. The molecule has 1 saturated heterocycles. The van der Waals surface area contributed by atoms with E-state index in [0.717, 1.165) is 30.5 Å². The zero-order chi connectivity index (χ0) is 22.9. The van der Waals surface area contributed by atoms with Crippen LogP contribution in [0.1, 0.15) is 60.5 Å². The predicted molar refractivity (Wildman–Crippen MR) is 125 cm³/mol. The summed E-state index contributed by atoms with van der Waals surface area (Å²) >= 11 is 0. The van der Waals surface area contributed by atoms with Gasteiger partial charge in [-0.1, -0.05) is 68.3 Å². The topological polar surface area (TPSA) is 63.7 Å². The quantitative estimate of drug-likeness (QED) is 0.388. The van der Waals surface area contributed by atoms with Crippen LogP contribution in [0.15, 0.2) is 60.3 Å². The van der Waals surface area contributed by atoms with Crippen LogP contribution in [0.5, 0.6) is 0 Å². The second-order valence-electron chi connectivity index (χ2n) is 8.21. The number of nitrogens with zero attached hydrogens (tertiary/aromatic N) is 1. The van der Waals surface area contributed by atoms with Gasteiger partial charge in [0.2, 0.25) is 5.91 Å². The first-order valence-electron chi connectivity index (χ1n) is 11.3. The van der Waals surface area contributed by atoms with E-state index in [0.29, 0.717) is 24.1 Å². The lowest BCUT2D eigenvalue weighted by atomic mass is 9.94. The molecule has 0 radical (unpaired) electrons. The van der Waals surface area contributed by atoms with E-state index in [2.05, 4.69) is 13.0 Å². The van der Waals surface area contributed by atoms with E-state index >= 15 is 0 Å². The number of rotatable bonds is 10. The molecule has 168 valence electrons. The van der Waals surface area contributed by atoms with E-state index in [1.54, 1.807) is 24.3 Å². The van der Waals surface area contributed by atoms with Crippen molar-refractivity contribution in [3.8, 4) is 0 Å². The Morgan fingerprint density at radius 1 is 1.06 bits per heavy atom. The molecule has 0 saturated carbocycles. The summed E-state index contributed by atoms with van der Waals surface area (Å²) in [5.74, 6) is -0.836. The molecule has 0 N–H and O–H groups in total. The Hall–Kier alpha value is -3.21. The summed E-state index contributed by atoms with van der Waals surface area (Å²) in [6, 6.07) is 16.9. The highest BCUT2D eigenvalue weighted by molar-refractivity contribution is 5.95. The number of benzene rings is 2. The number of allylic oxidation sites excluding steroid dienone is 1. The minimum atomic E-state index is -0.458. The summed E-state index contributed by atoms with van der Waals surface area (Å²) in [5.41, 5.74) is 3.06. The van der Waals surface area contributed by atoms with Gasteiger partial charge >= 0.3 is 5.97 Å². The standard InChI is InChI=1S/C27H31NO4/c1-3-4-10-15-28-23(16-20-11-6-5-7-12-20)17-22(26(28)30)19-24(29)18-21-13-8-9-14-25(21)27(31)32-2/h5-9,11-14,16,22H,3-4,10,15,17-19H2,1-2H3/b23-16-. The Bertz CT molecular complexity index is 980. The Balaban J connectivity index is 1.73. The predicted octanol–water partition coefficient (Wildman–Crippen LogP) is 5.05. The number of ether oxygens (including phenoxy) is 1. The molecule has 0 aliphatic carbocycles. The first kappa shape index (κ1) is 23.5. The van der Waals surface area contributed by atoms with E-state index < -0.39 is 5.97 Å². The molecule has 0 aromatic heterocycles. The molecule has 1 heterocycles. The third-order valence-corrected chi connectivity index (χ3v) is 5.82. The van der Waals surface area contributed by atoms with Gasteiger partial charge in [0.25, 0.3) is 0 Å². The second-order valence-corrected chi connectivity index (χ2v) is 8.21. The summed E-state index contributed by atoms with van der Waals surface area (Å²) in [6.07, 6.45) is 6.00. The van der Waals surface area contributed by atoms with Crippen molar-refractivity contribution in [3.63, 3.8) is 0 Å². The summed E-state index contributed by atoms with van der Waals surface area (Å²) in [5, 5.41) is 0. The highest BCUT2D eigenvalue weighted by atomic mass is 16.5. The lowest BCUT2D eigenvalue weighted by Crippen LogP contribution is -2.28. The number of likely N-dealkylation sites (tertiary alicyclic amines) is 1. The fourth-order valence-corrected chi connectivity index (χ4v) is 4.17. The number of carbonyl (C=O) groups is 3. The number of hydrogen-bond donors (Lipinski definition) is 0. The molecule has 1 atom stereocenters. The van der Waals surface area contributed by atoms with Crippen LogP contribution >= 0.6 is 0 Å². The van der Waals surface area contributed by atoms with Gasteiger partial charge in [-0.3, -0.25) is 9.59 Å². The van der Waals surface area contributed by atoms with Crippen LogP contribution in [-0.2, 0) is 20.7 Å². The number of esters is 1. The van der Waals surface area contributed by atoms with Crippen molar-refractivity contribution in [3.05, 3.63) is 77.0 Å². The molecule has 3 rings (SSSR count). The minimum Gasteiger partial charge on any atom is -0.465 e. The molecule has 1 aliphatic rings. The summed E-state index contributed by atoms with van der Waals surface area (Å²) in [6.45, 7) is 2.82. The molecule has 1 amide bonds. The van der Waals surface area contributed by atoms with Crippen molar-refractivity contribution < 1.29 is 19.1 Å². The number of unbranched alkanes of at least 4 members (excludes halogenated alkanes) is 2. The number of amides is 1. The molecular weight excluding hydrogens is 402 g/mol. The maximum absolute atomic E-state index is 13.2. The zero-order valence-electron chi connectivity index (χ0n) is 18.9. The molecule has 1 fully saturated rings. The van der Waals surface area contributed by atoms with Gasteiger partial charge in [-0.25, -0.2) is 4.79 Å². The molecule has 1 aliphatic heterocycles. The average Bonchev–Trinajstić information content (AvgIpc) is 3.08. The van der Waals surface area contributed by atoms with Gasteiger partial charge < -0.3 is 9.64 Å². The first-order chi connectivity index (χ1) is 15.5. The molecule has 5 heteroatoms. The summed E-state index contributed by atoms with van der Waals surface area (Å²) in [4.78, 5) is 39.9. The van der Waals surface area contributed by atoms with Crippen molar-refractivity contribution in [1.29, 1.82) is 0 Å². The first-order valence-corrected chi connectivity index (χ1v) is 11.3. The average molecular weight is 434 g/mol. The van der Waals surface area contributed by atoms with Gasteiger partial charge in [-0.2, -0.15) is 0 Å². The van der Waals surface area contributed by atoms with Gasteiger partial charge in [-0.15, -0.1) is 0 Å². The number of Topliss-reactive ketones (excluding diaryl/α,β-unsaturated/α-hetero) is 1. The monoisotopic (exact) mass is 433 g/mol. The summed E-state index contributed by atoms with van der Waals surface area (Å²) in [7, 11) is 1.33. The lowest BCUT2D eigenvalue weighted by Gasteiger charge is -2.18. The molecule has 2 aromatic carbocycles. The molecule has 2 aromatic rings. The van der Waals surface area contributed by atoms with Crippen LogP contribution < -0.4 is 0 Å². The Labute approximate surface area is 190 Å². The van der Waals surface area contributed by atoms with Gasteiger partial charge in [0, 0.05) is 25.1 Å². The van der Waals surface area contributed by atoms with Crippen molar-refractivity contribution >= 4 is 23.7 Å². The number of hydrogen-bond acceptors (Lipinski definition) is 4. The Morgan fingerprint density at radius 3 is 2.50 bits per heavy atom. The molecule has 5 nitrogen and oxygen atoms in total. The van der Waals surface area contributed by atoms with E-state index in [4.69, 9.17) is 4.74 Å². The van der Waals surface area contributed by atoms with Crippen LogP contribution in [-0.4, -0.2) is 36.2 Å². The van der Waals surface area contributed by atoms with Crippen molar-refractivity contribution in [2.45, 2.75) is 45.4 Å². The van der Waals surface area contributed by atoms with Crippen molar-refractivity contribution in [2.75, 3.05) is 13.7 Å². The fourth-order valence-electron chi connectivity index (χ4n) is 4.17. The third kappa shape index (κ3) is 5.94. The molecular formula is C27H31NO4. The van der Waals surface area contributed by atoms with Gasteiger partial charge in [0.1, 0.15) is 5.78 Å². The number of methoxy groups -OCH3 is 1. The lowest BCUT2D eigenvalue weighted by molar-refractivity contribution is -0.132. The highest BCUT2D eigenvalue weighted by Gasteiger charge is 2.36. The second kappa shape index (κ2) is 11.4. The SMILES string of the molecule is CCCCCN1C(=O)C(CC(=O)Cc2ccccc2C(=O)OC)C/C1=C/c1ccccc1. The molecule has 32 heavy (non-hydrogen) atoms. The van der Waals surface area contributed by atoms with Crippen LogP contribution in [0, 0.1) is 5.92 Å². The van der Waals surface area contributed by atoms with E-state index in [1.165, 1.54) is 7.11 Å². The van der Waals surface area contributed by atoms with E-state index in [1.807, 2.05) is 35.2 Å². The maximum atomic E-state index is 13.2. The van der Waals surface area contributed by atoms with Crippen LogP contribution in [0.2, 0.25) is 0 Å². The van der Waals surface area contributed by atoms with Crippen LogP contribution in [0.3, 0.4) is 0 Å². The largest absolute Gasteiger partial charge is 0.465 e. The fraction of sp³-hybridized carbons (Fsp3) is 0.370. The normalized spacial score (nSPS) is 17.1. The van der Waals surface area contributed by atoms with Crippen LogP contribution in [0.4, 0.5) is 0 Å². The van der Waals surface area contributed by atoms with E-state index in [9.17, 15) is 14.4 Å². The Kier molecular flexibility index (Phi) is 8.37. The van der Waals surface area contributed by atoms with Gasteiger partial charge in [-0.05, 0) is 36.1 Å².